The van der Waals surface area contributed by atoms with Crippen molar-refractivity contribution in [1.29, 1.82) is 0 Å². The number of nitrogens with one attached hydrogen (secondary N) is 2. The molecule has 20 heavy (non-hydrogen) atoms. The van der Waals surface area contributed by atoms with E-state index in [9.17, 15) is 5.11 Å². The van der Waals surface area contributed by atoms with E-state index in [1.54, 1.807) is 18.7 Å². The quantitative estimate of drug-likeness (QED) is 0.627. The van der Waals surface area contributed by atoms with Crippen LogP contribution >= 0.6 is 11.8 Å². The molecule has 0 radical (unpaired) electrons. The first kappa shape index (κ1) is 16.8. The van der Waals surface area contributed by atoms with Gasteiger partial charge in [0.25, 0.3) is 0 Å². The van der Waals surface area contributed by atoms with Crippen LogP contribution in [0, 0.1) is 0 Å². The lowest BCUT2D eigenvalue weighted by atomic mass is 10.1. The molecule has 0 aromatic carbocycles. The van der Waals surface area contributed by atoms with Crippen molar-refractivity contribution in [3.63, 3.8) is 0 Å². The number of hydrogen-bond donors (Lipinski definition) is 3. The van der Waals surface area contributed by atoms with Gasteiger partial charge in [-0.15, -0.1) is 0 Å². The molecule has 8 heteroatoms. The third-order valence-electron chi connectivity index (χ3n) is 2.31. The highest BCUT2D eigenvalue weighted by Crippen LogP contribution is 2.14. The SMILES string of the molecule is CCNc1nc(NCC(C)(O)CSC)nc(OCC)n1. The molecule has 1 aromatic rings. The van der Waals surface area contributed by atoms with Gasteiger partial charge in [0.05, 0.1) is 12.2 Å². The molecule has 1 heterocycles. The lowest BCUT2D eigenvalue weighted by Crippen LogP contribution is -2.36. The minimum absolute atomic E-state index is 0.269. The Morgan fingerprint density at radius 2 is 1.85 bits per heavy atom. The maximum atomic E-state index is 10.1. The van der Waals surface area contributed by atoms with E-state index >= 15 is 0 Å². The summed E-state index contributed by atoms with van der Waals surface area (Å²) in [6.07, 6.45) is 1.95. The van der Waals surface area contributed by atoms with E-state index in [4.69, 9.17) is 4.74 Å². The molecule has 0 spiro atoms. The molecular weight excluding hydrogens is 278 g/mol. The maximum Gasteiger partial charge on any atom is 0.323 e. The lowest BCUT2D eigenvalue weighted by molar-refractivity contribution is 0.0995. The first-order chi connectivity index (χ1) is 9.50. The third-order valence-corrected chi connectivity index (χ3v) is 3.22. The number of aliphatic hydroxyl groups is 1. The molecule has 0 aliphatic carbocycles. The van der Waals surface area contributed by atoms with Gasteiger partial charge in [-0.05, 0) is 27.0 Å². The summed E-state index contributed by atoms with van der Waals surface area (Å²) in [5, 5.41) is 16.2. The monoisotopic (exact) mass is 301 g/mol. The second-order valence-electron chi connectivity index (χ2n) is 4.51. The molecule has 0 saturated heterocycles. The Labute approximate surface area is 124 Å². The van der Waals surface area contributed by atoms with E-state index < -0.39 is 5.60 Å². The molecule has 1 unspecified atom stereocenters. The van der Waals surface area contributed by atoms with Crippen LogP contribution in [0.1, 0.15) is 20.8 Å². The largest absolute Gasteiger partial charge is 0.464 e. The molecule has 1 aromatic heterocycles. The zero-order valence-electron chi connectivity index (χ0n) is 12.4. The topological polar surface area (TPSA) is 92.2 Å². The van der Waals surface area contributed by atoms with Gasteiger partial charge < -0.3 is 20.5 Å². The predicted octanol–water partition coefficient (Wildman–Crippen LogP) is 1.23. The number of hydrogen-bond acceptors (Lipinski definition) is 8. The fourth-order valence-electron chi connectivity index (χ4n) is 1.50. The summed E-state index contributed by atoms with van der Waals surface area (Å²) in [6.45, 7) is 7.15. The van der Waals surface area contributed by atoms with Gasteiger partial charge >= 0.3 is 6.01 Å². The van der Waals surface area contributed by atoms with Crippen molar-refractivity contribution in [2.45, 2.75) is 26.4 Å². The summed E-state index contributed by atoms with van der Waals surface area (Å²) in [7, 11) is 0. The molecule has 3 N–H and O–H groups in total. The Kier molecular flexibility index (Phi) is 6.80. The highest BCUT2D eigenvalue weighted by molar-refractivity contribution is 7.98. The van der Waals surface area contributed by atoms with Gasteiger partial charge in [-0.1, -0.05) is 0 Å². The minimum Gasteiger partial charge on any atom is -0.464 e. The van der Waals surface area contributed by atoms with Crippen LogP contribution in [-0.4, -0.2) is 57.4 Å². The molecule has 0 aliphatic heterocycles. The lowest BCUT2D eigenvalue weighted by Gasteiger charge is -2.22. The van der Waals surface area contributed by atoms with Gasteiger partial charge in [0.1, 0.15) is 0 Å². The molecule has 114 valence electrons. The first-order valence-corrected chi connectivity index (χ1v) is 7.98. The molecule has 0 amide bonds. The number of aromatic nitrogens is 3. The van der Waals surface area contributed by atoms with Crippen LogP contribution in [0.25, 0.3) is 0 Å². The molecule has 1 atom stereocenters. The highest BCUT2D eigenvalue weighted by Gasteiger charge is 2.20. The summed E-state index contributed by atoms with van der Waals surface area (Å²) < 4.78 is 5.30. The van der Waals surface area contributed by atoms with Crippen molar-refractivity contribution in [3.8, 4) is 6.01 Å². The Hall–Kier alpha value is -1.28. The minimum atomic E-state index is -0.823. The summed E-state index contributed by atoms with van der Waals surface area (Å²) in [6, 6.07) is 0.269. The van der Waals surface area contributed by atoms with Crippen LogP contribution in [0.4, 0.5) is 11.9 Å². The summed E-state index contributed by atoms with van der Waals surface area (Å²) in [5.74, 6) is 1.47. The summed E-state index contributed by atoms with van der Waals surface area (Å²) in [5.41, 5.74) is -0.823. The molecular formula is C12H23N5O2S. The first-order valence-electron chi connectivity index (χ1n) is 6.58. The van der Waals surface area contributed by atoms with Crippen molar-refractivity contribution in [3.05, 3.63) is 0 Å². The normalized spacial score (nSPS) is 13.7. The van der Waals surface area contributed by atoms with Crippen LogP contribution in [0.15, 0.2) is 0 Å². The zero-order valence-corrected chi connectivity index (χ0v) is 13.3. The van der Waals surface area contributed by atoms with E-state index in [-0.39, 0.29) is 6.01 Å². The van der Waals surface area contributed by atoms with Crippen molar-refractivity contribution in [1.82, 2.24) is 15.0 Å². The van der Waals surface area contributed by atoms with Crippen LogP contribution in [0.5, 0.6) is 6.01 Å². The molecule has 7 nitrogen and oxygen atoms in total. The number of thioether (sulfide) groups is 1. The average Bonchev–Trinajstić information content (AvgIpc) is 2.37. The molecule has 0 fully saturated rings. The highest BCUT2D eigenvalue weighted by atomic mass is 32.2. The van der Waals surface area contributed by atoms with Crippen LogP contribution in [-0.2, 0) is 0 Å². The fourth-order valence-corrected chi connectivity index (χ4v) is 2.22. The molecule has 0 bridgehead atoms. The Balaban J connectivity index is 2.77. The van der Waals surface area contributed by atoms with E-state index in [1.165, 1.54) is 0 Å². The van der Waals surface area contributed by atoms with Crippen molar-refractivity contribution >= 4 is 23.7 Å². The summed E-state index contributed by atoms with van der Waals surface area (Å²) in [4.78, 5) is 12.5. The van der Waals surface area contributed by atoms with Crippen molar-refractivity contribution in [2.24, 2.45) is 0 Å². The number of rotatable bonds is 9. The Morgan fingerprint density at radius 1 is 1.20 bits per heavy atom. The number of anilines is 2. The van der Waals surface area contributed by atoms with Crippen molar-refractivity contribution < 1.29 is 9.84 Å². The van der Waals surface area contributed by atoms with Gasteiger partial charge in [-0.25, -0.2) is 0 Å². The van der Waals surface area contributed by atoms with E-state index in [0.717, 1.165) is 0 Å². The number of ether oxygens (including phenoxy) is 1. The van der Waals surface area contributed by atoms with Crippen molar-refractivity contribution in [2.75, 3.05) is 42.3 Å². The second kappa shape index (κ2) is 8.11. The summed E-state index contributed by atoms with van der Waals surface area (Å²) >= 11 is 1.59. The van der Waals surface area contributed by atoms with Gasteiger partial charge in [0, 0.05) is 18.8 Å². The zero-order chi connectivity index (χ0) is 15.0. The van der Waals surface area contributed by atoms with Crippen LogP contribution in [0.3, 0.4) is 0 Å². The van der Waals surface area contributed by atoms with E-state index in [0.29, 0.717) is 37.3 Å². The van der Waals surface area contributed by atoms with Crippen LogP contribution in [0.2, 0.25) is 0 Å². The Bertz CT molecular complexity index is 393. The van der Waals surface area contributed by atoms with Crippen LogP contribution < -0.4 is 15.4 Å². The molecule has 0 saturated carbocycles. The molecule has 1 rings (SSSR count). The maximum absolute atomic E-state index is 10.1. The molecule has 0 aliphatic rings. The average molecular weight is 301 g/mol. The number of nitrogens with zero attached hydrogens (tertiary/aromatic N) is 3. The van der Waals surface area contributed by atoms with E-state index in [1.807, 2.05) is 20.1 Å². The second-order valence-corrected chi connectivity index (χ2v) is 5.38. The standard InChI is InChI=1S/C12H23N5O2S/c1-5-13-9-15-10(17-11(16-9)19-6-2)14-7-12(3,18)8-20-4/h18H,5-8H2,1-4H3,(H2,13,14,15,16,17). The predicted molar refractivity (Wildman–Crippen MR) is 82.7 cm³/mol. The van der Waals surface area contributed by atoms with Gasteiger partial charge in [-0.2, -0.15) is 26.7 Å². The Morgan fingerprint density at radius 3 is 2.40 bits per heavy atom. The van der Waals surface area contributed by atoms with E-state index in [2.05, 4.69) is 25.6 Å². The van der Waals surface area contributed by atoms with Gasteiger partial charge in [0.15, 0.2) is 0 Å². The fraction of sp³-hybridized carbons (Fsp3) is 0.750. The van der Waals surface area contributed by atoms with Gasteiger partial charge in [0.2, 0.25) is 11.9 Å². The third kappa shape index (κ3) is 5.79. The smallest absolute Gasteiger partial charge is 0.323 e. The van der Waals surface area contributed by atoms with Gasteiger partial charge in [-0.3, -0.25) is 0 Å².